The molecule has 0 atom stereocenters. The lowest BCUT2D eigenvalue weighted by Gasteiger charge is -2.07. The van der Waals surface area contributed by atoms with Gasteiger partial charge in [0, 0.05) is 6.07 Å². The molecule has 1 aromatic heterocycles. The summed E-state index contributed by atoms with van der Waals surface area (Å²) in [5.74, 6) is -0.829. The number of benzene rings is 1. The Morgan fingerprint density at radius 1 is 1.30 bits per heavy atom. The molecule has 9 heteroatoms. The second kappa shape index (κ2) is 5.40. The maximum atomic E-state index is 13.2. The summed E-state index contributed by atoms with van der Waals surface area (Å²) in [4.78, 5) is 7.03. The molecule has 2 aromatic rings. The highest BCUT2D eigenvalue weighted by molar-refractivity contribution is 7.92. The monoisotopic (exact) mass is 312 g/mol. The zero-order chi connectivity index (χ0) is 14.8. The zero-order valence-electron chi connectivity index (χ0n) is 9.71. The fourth-order valence-corrected chi connectivity index (χ4v) is 2.52. The molecule has 102 valence electrons. The van der Waals surface area contributed by atoms with Crippen LogP contribution in [0.4, 0.5) is 10.2 Å². The molecule has 0 aliphatic carbocycles. The molecular formula is C11H6ClFN4O2S. The quantitative estimate of drug-likeness (QED) is 0.874. The highest BCUT2D eigenvalue weighted by Gasteiger charge is 2.17. The lowest BCUT2D eigenvalue weighted by atomic mass is 10.2. The number of nitrogens with one attached hydrogen (secondary N) is 1. The summed E-state index contributed by atoms with van der Waals surface area (Å²) in [6.07, 6.45) is 1.09. The molecule has 1 heterocycles. The average Bonchev–Trinajstić information content (AvgIpc) is 2.38. The van der Waals surface area contributed by atoms with Gasteiger partial charge in [-0.15, -0.1) is 0 Å². The van der Waals surface area contributed by atoms with Gasteiger partial charge in [0.05, 0.1) is 10.5 Å². The third kappa shape index (κ3) is 3.01. The second-order valence-electron chi connectivity index (χ2n) is 3.58. The van der Waals surface area contributed by atoms with Crippen molar-refractivity contribution in [1.82, 2.24) is 9.97 Å². The minimum absolute atomic E-state index is 0.0344. The van der Waals surface area contributed by atoms with E-state index in [2.05, 4.69) is 14.7 Å². The first-order valence-corrected chi connectivity index (χ1v) is 6.98. The Balaban J connectivity index is 2.39. The Morgan fingerprint density at radius 3 is 2.70 bits per heavy atom. The first-order chi connectivity index (χ1) is 9.42. The van der Waals surface area contributed by atoms with Gasteiger partial charge in [-0.2, -0.15) is 5.26 Å². The normalized spacial score (nSPS) is 10.8. The number of hydrogen-bond acceptors (Lipinski definition) is 5. The molecule has 0 aliphatic heterocycles. The van der Waals surface area contributed by atoms with Gasteiger partial charge in [0.1, 0.15) is 29.2 Å². The molecule has 6 nitrogen and oxygen atoms in total. The maximum absolute atomic E-state index is 13.2. The number of nitrogens with zero attached hydrogens (tertiary/aromatic N) is 3. The van der Waals surface area contributed by atoms with Gasteiger partial charge < -0.3 is 0 Å². The van der Waals surface area contributed by atoms with Crippen molar-refractivity contribution in [2.45, 2.75) is 4.90 Å². The number of rotatable bonds is 3. The van der Waals surface area contributed by atoms with Crippen molar-refractivity contribution >= 4 is 27.4 Å². The maximum Gasteiger partial charge on any atom is 0.263 e. The molecule has 0 radical (unpaired) electrons. The van der Waals surface area contributed by atoms with Crippen LogP contribution < -0.4 is 4.72 Å². The molecule has 20 heavy (non-hydrogen) atoms. The average molecular weight is 313 g/mol. The standard InChI is InChI=1S/C11H6ClFN4O2S/c12-10-4-11(16-6-15-10)17-20(18,19)8-1-2-9(13)7(3-8)5-14/h1-4,6H,(H,15,16,17). The van der Waals surface area contributed by atoms with E-state index in [9.17, 15) is 12.8 Å². The molecule has 1 N–H and O–H groups in total. The van der Waals surface area contributed by atoms with E-state index in [0.29, 0.717) is 0 Å². The van der Waals surface area contributed by atoms with Crippen LogP contribution in [0.1, 0.15) is 5.56 Å². The van der Waals surface area contributed by atoms with E-state index >= 15 is 0 Å². The van der Waals surface area contributed by atoms with Crippen LogP contribution in [0.2, 0.25) is 5.15 Å². The third-order valence-electron chi connectivity index (χ3n) is 2.24. The number of halogens is 2. The fraction of sp³-hybridized carbons (Fsp3) is 0. The van der Waals surface area contributed by atoms with Crippen LogP contribution in [0.3, 0.4) is 0 Å². The van der Waals surface area contributed by atoms with E-state index in [1.165, 1.54) is 6.07 Å². The number of nitriles is 1. The zero-order valence-corrected chi connectivity index (χ0v) is 11.3. The summed E-state index contributed by atoms with van der Waals surface area (Å²) in [6.45, 7) is 0. The van der Waals surface area contributed by atoms with Gasteiger partial charge >= 0.3 is 0 Å². The van der Waals surface area contributed by atoms with Crippen LogP contribution in [0.25, 0.3) is 0 Å². The van der Waals surface area contributed by atoms with Crippen LogP contribution >= 0.6 is 11.6 Å². The molecule has 2 rings (SSSR count). The number of hydrogen-bond donors (Lipinski definition) is 1. The van der Waals surface area contributed by atoms with Crippen molar-refractivity contribution in [3.8, 4) is 6.07 Å². The van der Waals surface area contributed by atoms with Crippen molar-refractivity contribution in [2.24, 2.45) is 0 Å². The fourth-order valence-electron chi connectivity index (χ4n) is 1.34. The van der Waals surface area contributed by atoms with E-state index in [0.717, 1.165) is 24.5 Å². The van der Waals surface area contributed by atoms with Gasteiger partial charge in [-0.3, -0.25) is 4.72 Å². The van der Waals surface area contributed by atoms with E-state index in [-0.39, 0.29) is 21.4 Å². The van der Waals surface area contributed by atoms with Crippen LogP contribution in [-0.2, 0) is 10.0 Å². The Kier molecular flexibility index (Phi) is 3.83. The summed E-state index contributed by atoms with van der Waals surface area (Å²) in [5, 5.41) is 8.76. The third-order valence-corrected chi connectivity index (χ3v) is 3.80. The highest BCUT2D eigenvalue weighted by Crippen LogP contribution is 2.18. The molecule has 1 aromatic carbocycles. The van der Waals surface area contributed by atoms with Gasteiger partial charge in [0.25, 0.3) is 10.0 Å². The van der Waals surface area contributed by atoms with Crippen LogP contribution in [0, 0.1) is 17.1 Å². The second-order valence-corrected chi connectivity index (χ2v) is 5.65. The summed E-state index contributed by atoms with van der Waals surface area (Å²) >= 11 is 5.61. The van der Waals surface area contributed by atoms with Crippen LogP contribution in [0.5, 0.6) is 0 Å². The van der Waals surface area contributed by atoms with Gasteiger partial charge in [-0.25, -0.2) is 22.8 Å². The SMILES string of the molecule is N#Cc1cc(S(=O)(=O)Nc2cc(Cl)ncn2)ccc1F. The van der Waals surface area contributed by atoms with E-state index in [4.69, 9.17) is 16.9 Å². The predicted molar refractivity (Wildman–Crippen MR) is 69.0 cm³/mol. The smallest absolute Gasteiger partial charge is 0.263 e. The molecule has 0 aliphatic rings. The highest BCUT2D eigenvalue weighted by atomic mass is 35.5. The topological polar surface area (TPSA) is 95.7 Å². The number of aromatic nitrogens is 2. The molecule has 0 saturated carbocycles. The summed E-state index contributed by atoms with van der Waals surface area (Å²) in [6, 6.07) is 5.66. The van der Waals surface area contributed by atoms with Gasteiger partial charge in [-0.05, 0) is 18.2 Å². The lowest BCUT2D eigenvalue weighted by Crippen LogP contribution is -2.14. The van der Waals surface area contributed by atoms with E-state index in [1.54, 1.807) is 6.07 Å². The largest absolute Gasteiger partial charge is 0.263 e. The van der Waals surface area contributed by atoms with Gasteiger partial charge in [0.2, 0.25) is 0 Å². The Hall–Kier alpha value is -2.24. The van der Waals surface area contributed by atoms with Crippen LogP contribution in [0.15, 0.2) is 35.5 Å². The first-order valence-electron chi connectivity index (χ1n) is 5.12. The van der Waals surface area contributed by atoms with Gasteiger partial charge in [0.15, 0.2) is 0 Å². The predicted octanol–water partition coefficient (Wildman–Crippen LogP) is 1.94. The molecular weight excluding hydrogens is 307 g/mol. The molecule has 0 spiro atoms. The minimum atomic E-state index is -4.00. The van der Waals surface area contributed by atoms with Crippen molar-refractivity contribution in [3.05, 3.63) is 47.1 Å². The molecule has 0 unspecified atom stereocenters. The Morgan fingerprint density at radius 2 is 2.05 bits per heavy atom. The van der Waals surface area contributed by atoms with Crippen molar-refractivity contribution in [1.29, 1.82) is 5.26 Å². The van der Waals surface area contributed by atoms with E-state index in [1.807, 2.05) is 0 Å². The lowest BCUT2D eigenvalue weighted by molar-refractivity contribution is 0.599. The molecule has 0 saturated heterocycles. The summed E-state index contributed by atoms with van der Waals surface area (Å²) in [7, 11) is -4.00. The molecule has 0 fully saturated rings. The molecule has 0 bridgehead atoms. The minimum Gasteiger partial charge on any atom is -0.263 e. The first kappa shape index (κ1) is 14.2. The van der Waals surface area contributed by atoms with Crippen molar-refractivity contribution in [3.63, 3.8) is 0 Å². The Bertz CT molecular complexity index is 804. The van der Waals surface area contributed by atoms with Crippen molar-refractivity contribution < 1.29 is 12.8 Å². The summed E-state index contributed by atoms with van der Waals surface area (Å²) < 4.78 is 39.4. The van der Waals surface area contributed by atoms with E-state index < -0.39 is 15.8 Å². The Labute approximate surface area is 118 Å². The van der Waals surface area contributed by atoms with Crippen molar-refractivity contribution in [2.75, 3.05) is 4.72 Å². The summed E-state index contributed by atoms with van der Waals surface area (Å²) in [5.41, 5.74) is -0.367. The molecule has 0 amide bonds. The number of sulfonamides is 1. The van der Waals surface area contributed by atoms with Gasteiger partial charge in [-0.1, -0.05) is 11.6 Å². The number of anilines is 1. The van der Waals surface area contributed by atoms with Crippen LogP contribution in [-0.4, -0.2) is 18.4 Å².